The van der Waals surface area contributed by atoms with E-state index in [2.05, 4.69) is 0 Å². The number of halogens is 3. The Morgan fingerprint density at radius 2 is 1.74 bits per heavy atom. The average molecular weight is 294 g/mol. The number of benzene rings is 1. The number of sulfonamides is 1. The molecule has 2 N–H and O–H groups in total. The first-order chi connectivity index (χ1) is 8.73. The van der Waals surface area contributed by atoms with Crippen molar-refractivity contribution in [3.63, 3.8) is 0 Å². The molecule has 4 nitrogen and oxygen atoms in total. The molecule has 1 heterocycles. The van der Waals surface area contributed by atoms with E-state index in [4.69, 9.17) is 5.73 Å². The predicted octanol–water partition coefficient (Wildman–Crippen LogP) is 1.07. The van der Waals surface area contributed by atoms with Gasteiger partial charge in [-0.1, -0.05) is 6.92 Å². The van der Waals surface area contributed by atoms with Crippen LogP contribution < -0.4 is 5.73 Å². The number of hydrogen-bond donors (Lipinski definition) is 1. The van der Waals surface area contributed by atoms with E-state index in [0.717, 1.165) is 4.31 Å². The lowest BCUT2D eigenvalue weighted by Gasteiger charge is -2.17. The van der Waals surface area contributed by atoms with E-state index >= 15 is 0 Å². The Kier molecular flexibility index (Phi) is 3.59. The third-order valence-electron chi connectivity index (χ3n) is 3.20. The molecule has 106 valence electrons. The van der Waals surface area contributed by atoms with Crippen LogP contribution in [0.2, 0.25) is 0 Å². The topological polar surface area (TPSA) is 63.4 Å². The van der Waals surface area contributed by atoms with Gasteiger partial charge in [-0.05, 0) is 5.92 Å². The molecule has 1 aromatic rings. The zero-order valence-electron chi connectivity index (χ0n) is 10.1. The molecule has 2 atom stereocenters. The fourth-order valence-electron chi connectivity index (χ4n) is 2.05. The van der Waals surface area contributed by atoms with Gasteiger partial charge in [-0.2, -0.15) is 4.31 Å². The van der Waals surface area contributed by atoms with Crippen LogP contribution in [0, 0.1) is 23.4 Å². The summed E-state index contributed by atoms with van der Waals surface area (Å²) in [7, 11) is -4.35. The number of nitrogens with two attached hydrogens (primary N) is 1. The van der Waals surface area contributed by atoms with Gasteiger partial charge in [0.1, 0.15) is 17.5 Å². The second-order valence-corrected chi connectivity index (χ2v) is 6.54. The maximum Gasteiger partial charge on any atom is 0.248 e. The second-order valence-electron chi connectivity index (χ2n) is 4.66. The summed E-state index contributed by atoms with van der Waals surface area (Å²) in [5.74, 6) is -4.15. The van der Waals surface area contributed by atoms with Crippen molar-refractivity contribution in [3.05, 3.63) is 29.6 Å². The number of hydrogen-bond acceptors (Lipinski definition) is 3. The Morgan fingerprint density at radius 3 is 2.16 bits per heavy atom. The van der Waals surface area contributed by atoms with Crippen molar-refractivity contribution in [3.8, 4) is 0 Å². The van der Waals surface area contributed by atoms with Crippen LogP contribution in [0.15, 0.2) is 17.0 Å². The van der Waals surface area contributed by atoms with Crippen LogP contribution in [-0.2, 0) is 10.0 Å². The molecular weight excluding hydrogens is 281 g/mol. The minimum absolute atomic E-state index is 0.0141. The summed E-state index contributed by atoms with van der Waals surface area (Å²) < 4.78 is 65.1. The van der Waals surface area contributed by atoms with Gasteiger partial charge in [0.15, 0.2) is 4.90 Å². The summed E-state index contributed by atoms with van der Waals surface area (Å²) in [5, 5.41) is 0. The van der Waals surface area contributed by atoms with E-state index in [9.17, 15) is 21.6 Å². The van der Waals surface area contributed by atoms with Crippen molar-refractivity contribution >= 4 is 10.0 Å². The summed E-state index contributed by atoms with van der Waals surface area (Å²) in [4.78, 5) is -1.13. The van der Waals surface area contributed by atoms with E-state index < -0.39 is 32.4 Å². The van der Waals surface area contributed by atoms with Gasteiger partial charge in [0.05, 0.1) is 0 Å². The van der Waals surface area contributed by atoms with Gasteiger partial charge in [-0.3, -0.25) is 0 Å². The molecule has 0 amide bonds. The van der Waals surface area contributed by atoms with Gasteiger partial charge in [0.2, 0.25) is 10.0 Å². The molecule has 1 aliphatic heterocycles. The van der Waals surface area contributed by atoms with Crippen molar-refractivity contribution in [1.29, 1.82) is 0 Å². The lowest BCUT2D eigenvalue weighted by Crippen LogP contribution is -2.33. The van der Waals surface area contributed by atoms with Crippen LogP contribution in [-0.4, -0.2) is 31.9 Å². The molecule has 1 fully saturated rings. The zero-order chi connectivity index (χ0) is 14.4. The first-order valence-electron chi connectivity index (χ1n) is 5.63. The second kappa shape index (κ2) is 4.77. The van der Waals surface area contributed by atoms with Crippen molar-refractivity contribution in [2.24, 2.45) is 11.7 Å². The molecule has 8 heteroatoms. The van der Waals surface area contributed by atoms with Gasteiger partial charge >= 0.3 is 0 Å². The van der Waals surface area contributed by atoms with E-state index in [1.165, 1.54) is 0 Å². The molecule has 0 spiro atoms. The highest BCUT2D eigenvalue weighted by molar-refractivity contribution is 7.89. The number of nitrogens with zero attached hydrogens (tertiary/aromatic N) is 1. The van der Waals surface area contributed by atoms with Gasteiger partial charge in [0, 0.05) is 31.3 Å². The Hall–Kier alpha value is -1.12. The molecule has 2 unspecified atom stereocenters. The van der Waals surface area contributed by atoms with Gasteiger partial charge in [-0.15, -0.1) is 0 Å². The van der Waals surface area contributed by atoms with Crippen molar-refractivity contribution in [1.82, 2.24) is 4.31 Å². The van der Waals surface area contributed by atoms with Crippen LogP contribution >= 0.6 is 0 Å². The highest BCUT2D eigenvalue weighted by atomic mass is 32.2. The van der Waals surface area contributed by atoms with Gasteiger partial charge < -0.3 is 5.73 Å². The van der Waals surface area contributed by atoms with Gasteiger partial charge in [0.25, 0.3) is 0 Å². The normalized spacial score (nSPS) is 24.9. The summed E-state index contributed by atoms with van der Waals surface area (Å²) >= 11 is 0. The lowest BCUT2D eigenvalue weighted by molar-refractivity contribution is 0.442. The Morgan fingerprint density at radius 1 is 1.21 bits per heavy atom. The molecule has 1 aliphatic rings. The largest absolute Gasteiger partial charge is 0.326 e. The minimum Gasteiger partial charge on any atom is -0.326 e. The first-order valence-corrected chi connectivity index (χ1v) is 7.07. The zero-order valence-corrected chi connectivity index (χ0v) is 10.9. The Labute approximate surface area is 109 Å². The van der Waals surface area contributed by atoms with Crippen LogP contribution in [0.1, 0.15) is 6.92 Å². The minimum atomic E-state index is -4.35. The van der Waals surface area contributed by atoms with Crippen LogP contribution in [0.4, 0.5) is 13.2 Å². The fraction of sp³-hybridized carbons (Fsp3) is 0.455. The first kappa shape index (κ1) is 14.3. The van der Waals surface area contributed by atoms with Crippen LogP contribution in [0.3, 0.4) is 0 Å². The SMILES string of the molecule is CC1CN(S(=O)(=O)c2c(F)cc(F)cc2F)CC1N. The summed E-state index contributed by atoms with van der Waals surface area (Å²) in [6.45, 7) is 1.82. The highest BCUT2D eigenvalue weighted by Gasteiger charge is 2.38. The summed E-state index contributed by atoms with van der Waals surface area (Å²) in [5.41, 5.74) is 5.69. The van der Waals surface area contributed by atoms with E-state index in [1.54, 1.807) is 6.92 Å². The third-order valence-corrected chi connectivity index (χ3v) is 5.08. The highest BCUT2D eigenvalue weighted by Crippen LogP contribution is 2.27. The molecule has 1 aromatic carbocycles. The van der Waals surface area contributed by atoms with Crippen LogP contribution in [0.25, 0.3) is 0 Å². The molecule has 0 bridgehead atoms. The molecule has 0 saturated carbocycles. The fourth-order valence-corrected chi connectivity index (χ4v) is 3.72. The maximum atomic E-state index is 13.5. The molecule has 0 aliphatic carbocycles. The molecule has 0 radical (unpaired) electrons. The standard InChI is InChI=1S/C11H13F3N2O2S/c1-6-4-16(5-10(6)15)19(17,18)11-8(13)2-7(12)3-9(11)14/h2-3,6,10H,4-5,15H2,1H3. The van der Waals surface area contributed by atoms with Crippen molar-refractivity contribution < 1.29 is 21.6 Å². The Balaban J connectivity index is 2.47. The summed E-state index contributed by atoms with van der Waals surface area (Å²) in [6, 6.07) is 0.298. The van der Waals surface area contributed by atoms with E-state index in [0.29, 0.717) is 12.1 Å². The van der Waals surface area contributed by atoms with Gasteiger partial charge in [-0.25, -0.2) is 21.6 Å². The maximum absolute atomic E-state index is 13.5. The molecule has 0 aromatic heterocycles. The quantitative estimate of drug-likeness (QED) is 0.887. The van der Waals surface area contributed by atoms with E-state index in [1.807, 2.05) is 0 Å². The van der Waals surface area contributed by atoms with Crippen LogP contribution in [0.5, 0.6) is 0 Å². The molecule has 2 rings (SSSR count). The smallest absolute Gasteiger partial charge is 0.248 e. The molecule has 19 heavy (non-hydrogen) atoms. The lowest BCUT2D eigenvalue weighted by atomic mass is 10.1. The Bertz CT molecular complexity index is 573. The average Bonchev–Trinajstić information content (AvgIpc) is 2.57. The summed E-state index contributed by atoms with van der Waals surface area (Å²) in [6.07, 6.45) is 0. The third kappa shape index (κ3) is 2.47. The number of rotatable bonds is 2. The molecular formula is C11H13F3N2O2S. The van der Waals surface area contributed by atoms with Crippen molar-refractivity contribution in [2.45, 2.75) is 17.9 Å². The monoisotopic (exact) mass is 294 g/mol. The van der Waals surface area contributed by atoms with E-state index in [-0.39, 0.29) is 25.0 Å². The molecule has 1 saturated heterocycles. The van der Waals surface area contributed by atoms with Crippen molar-refractivity contribution in [2.75, 3.05) is 13.1 Å². The predicted molar refractivity (Wildman–Crippen MR) is 62.2 cm³/mol.